The van der Waals surface area contributed by atoms with Crippen molar-refractivity contribution in [2.75, 3.05) is 11.5 Å². The number of phenols is 1. The minimum atomic E-state index is -3.87. The van der Waals surface area contributed by atoms with Crippen molar-refractivity contribution in [3.05, 3.63) is 24.3 Å². The summed E-state index contributed by atoms with van der Waals surface area (Å²) in [6.45, 7) is 0. The lowest BCUT2D eigenvalue weighted by Gasteiger charge is -1.99. The first-order chi connectivity index (χ1) is 6.47. The van der Waals surface area contributed by atoms with Crippen LogP contribution in [0, 0.1) is 0 Å². The molecule has 0 saturated heterocycles. The van der Waals surface area contributed by atoms with Crippen molar-refractivity contribution in [1.29, 1.82) is 0 Å². The van der Waals surface area contributed by atoms with Crippen LogP contribution in [-0.4, -0.2) is 29.6 Å². The maximum atomic E-state index is 10.4. The van der Waals surface area contributed by atoms with Crippen LogP contribution < -0.4 is 0 Å². The highest BCUT2D eigenvalue weighted by Gasteiger charge is 2.04. The van der Waals surface area contributed by atoms with E-state index in [2.05, 4.69) is 0 Å². The third-order valence-electron chi connectivity index (χ3n) is 1.45. The van der Waals surface area contributed by atoms with Crippen LogP contribution >= 0.6 is 11.8 Å². The molecule has 0 amide bonds. The molecule has 0 heterocycles. The highest BCUT2D eigenvalue weighted by atomic mass is 32.2. The molecular formula is C8H10O4S2. The molecule has 4 nitrogen and oxygen atoms in total. The molecule has 0 bridgehead atoms. The predicted molar refractivity (Wildman–Crippen MR) is 55.2 cm³/mol. The summed E-state index contributed by atoms with van der Waals surface area (Å²) in [5.41, 5.74) is 0. The van der Waals surface area contributed by atoms with Gasteiger partial charge >= 0.3 is 0 Å². The maximum absolute atomic E-state index is 10.4. The van der Waals surface area contributed by atoms with Gasteiger partial charge in [0.1, 0.15) is 5.75 Å². The van der Waals surface area contributed by atoms with E-state index >= 15 is 0 Å². The fourth-order valence-corrected chi connectivity index (χ4v) is 2.55. The van der Waals surface area contributed by atoms with Gasteiger partial charge in [0.15, 0.2) is 0 Å². The van der Waals surface area contributed by atoms with Crippen LogP contribution in [0.25, 0.3) is 0 Å². The number of aromatic hydroxyl groups is 1. The lowest BCUT2D eigenvalue weighted by atomic mass is 10.3. The van der Waals surface area contributed by atoms with E-state index in [-0.39, 0.29) is 11.5 Å². The van der Waals surface area contributed by atoms with Gasteiger partial charge in [-0.3, -0.25) is 4.55 Å². The summed E-state index contributed by atoms with van der Waals surface area (Å²) in [6.07, 6.45) is 0. The van der Waals surface area contributed by atoms with Crippen molar-refractivity contribution in [3.63, 3.8) is 0 Å². The van der Waals surface area contributed by atoms with Crippen LogP contribution in [-0.2, 0) is 10.1 Å². The molecule has 2 N–H and O–H groups in total. The summed E-state index contributed by atoms with van der Waals surface area (Å²) in [4.78, 5) is 0.853. The molecule has 0 spiro atoms. The number of benzene rings is 1. The molecule has 1 aromatic carbocycles. The van der Waals surface area contributed by atoms with E-state index in [0.29, 0.717) is 5.75 Å². The van der Waals surface area contributed by atoms with E-state index in [9.17, 15) is 8.42 Å². The minimum absolute atomic E-state index is 0.170. The number of phenolic OH excluding ortho intramolecular Hbond substituents is 1. The fraction of sp³-hybridized carbons (Fsp3) is 0.250. The predicted octanol–water partition coefficient (Wildman–Crippen LogP) is 1.37. The Balaban J connectivity index is 2.43. The van der Waals surface area contributed by atoms with E-state index in [1.54, 1.807) is 12.1 Å². The molecule has 14 heavy (non-hydrogen) atoms. The molecule has 0 fully saturated rings. The highest BCUT2D eigenvalue weighted by Crippen LogP contribution is 2.20. The van der Waals surface area contributed by atoms with Crippen LogP contribution in [0.4, 0.5) is 0 Å². The van der Waals surface area contributed by atoms with Crippen LogP contribution in [0.5, 0.6) is 5.75 Å². The molecule has 0 atom stereocenters. The third-order valence-corrected chi connectivity index (χ3v) is 3.44. The fourth-order valence-electron chi connectivity index (χ4n) is 0.807. The van der Waals surface area contributed by atoms with Crippen LogP contribution in [0.1, 0.15) is 0 Å². The van der Waals surface area contributed by atoms with Crippen LogP contribution in [0.3, 0.4) is 0 Å². The zero-order chi connectivity index (χ0) is 10.6. The molecule has 0 radical (unpaired) electrons. The summed E-state index contributed by atoms with van der Waals surface area (Å²) in [7, 11) is -3.87. The zero-order valence-electron chi connectivity index (χ0n) is 7.25. The topological polar surface area (TPSA) is 74.6 Å². The molecule has 1 aromatic rings. The normalized spacial score (nSPS) is 11.5. The maximum Gasteiger partial charge on any atom is 0.265 e. The second kappa shape index (κ2) is 4.68. The van der Waals surface area contributed by atoms with E-state index in [1.165, 1.54) is 23.9 Å². The van der Waals surface area contributed by atoms with Gasteiger partial charge < -0.3 is 5.11 Å². The number of hydrogen-bond acceptors (Lipinski definition) is 4. The molecule has 78 valence electrons. The summed E-state index contributed by atoms with van der Waals surface area (Å²) < 4.78 is 29.2. The first-order valence-corrected chi connectivity index (χ1v) is 6.44. The van der Waals surface area contributed by atoms with E-state index in [0.717, 1.165) is 4.90 Å². The van der Waals surface area contributed by atoms with Crippen LogP contribution in [0.15, 0.2) is 29.2 Å². The summed E-state index contributed by atoms with van der Waals surface area (Å²) >= 11 is 1.31. The second-order valence-electron chi connectivity index (χ2n) is 2.63. The Kier molecular flexibility index (Phi) is 3.79. The number of thioether (sulfide) groups is 1. The molecule has 0 aliphatic rings. The van der Waals surface area contributed by atoms with Gasteiger partial charge in [0.05, 0.1) is 5.75 Å². The lowest BCUT2D eigenvalue weighted by Crippen LogP contribution is -2.05. The number of rotatable bonds is 4. The molecule has 0 aromatic heterocycles. The Labute approximate surface area is 86.7 Å². The standard InChI is InChI=1S/C8H10O4S2/c9-7-1-3-8(4-2-7)13-5-6-14(10,11)12/h1-4,9H,5-6H2,(H,10,11,12). The largest absolute Gasteiger partial charge is 0.508 e. The third kappa shape index (κ3) is 4.50. The summed E-state index contributed by atoms with van der Waals surface area (Å²) in [5, 5.41) is 8.97. The monoisotopic (exact) mass is 234 g/mol. The Morgan fingerprint density at radius 1 is 1.21 bits per heavy atom. The van der Waals surface area contributed by atoms with Crippen molar-refractivity contribution in [2.45, 2.75) is 4.90 Å². The Morgan fingerprint density at radius 3 is 2.29 bits per heavy atom. The van der Waals surface area contributed by atoms with Gasteiger partial charge in [0.25, 0.3) is 10.1 Å². The van der Waals surface area contributed by atoms with Gasteiger partial charge in [0.2, 0.25) is 0 Å². The van der Waals surface area contributed by atoms with Gasteiger partial charge in [-0.1, -0.05) is 0 Å². The minimum Gasteiger partial charge on any atom is -0.508 e. The van der Waals surface area contributed by atoms with Crippen molar-refractivity contribution >= 4 is 21.9 Å². The second-order valence-corrected chi connectivity index (χ2v) is 5.37. The summed E-state index contributed by atoms with van der Waals surface area (Å²) in [5.74, 6) is 0.200. The van der Waals surface area contributed by atoms with Gasteiger partial charge in [-0.15, -0.1) is 11.8 Å². The molecular weight excluding hydrogens is 224 g/mol. The van der Waals surface area contributed by atoms with Gasteiger partial charge in [-0.05, 0) is 24.3 Å². The van der Waals surface area contributed by atoms with Crippen molar-refractivity contribution in [3.8, 4) is 5.75 Å². The first kappa shape index (κ1) is 11.4. The smallest absolute Gasteiger partial charge is 0.265 e. The average Bonchev–Trinajstić information content (AvgIpc) is 2.06. The highest BCUT2D eigenvalue weighted by molar-refractivity contribution is 8.00. The Morgan fingerprint density at radius 2 is 1.79 bits per heavy atom. The van der Waals surface area contributed by atoms with Crippen LogP contribution in [0.2, 0.25) is 0 Å². The lowest BCUT2D eigenvalue weighted by molar-refractivity contribution is 0.474. The average molecular weight is 234 g/mol. The molecule has 0 aliphatic carbocycles. The SMILES string of the molecule is O=S(=O)(O)CCSc1ccc(O)cc1. The number of hydrogen-bond donors (Lipinski definition) is 2. The van der Waals surface area contributed by atoms with E-state index < -0.39 is 10.1 Å². The van der Waals surface area contributed by atoms with Gasteiger partial charge in [0, 0.05) is 10.6 Å². The van der Waals surface area contributed by atoms with Crippen molar-refractivity contribution in [2.24, 2.45) is 0 Å². The molecule has 6 heteroatoms. The van der Waals surface area contributed by atoms with Crippen molar-refractivity contribution in [1.82, 2.24) is 0 Å². The molecule has 0 aliphatic heterocycles. The van der Waals surface area contributed by atoms with Gasteiger partial charge in [-0.2, -0.15) is 8.42 Å². The molecule has 0 unspecified atom stereocenters. The van der Waals surface area contributed by atoms with E-state index in [1.807, 2.05) is 0 Å². The Hall–Kier alpha value is -0.720. The quantitative estimate of drug-likeness (QED) is 0.608. The Bertz CT molecular complexity index is 382. The zero-order valence-corrected chi connectivity index (χ0v) is 8.88. The first-order valence-electron chi connectivity index (χ1n) is 3.84. The molecule has 1 rings (SSSR count). The molecule has 0 saturated carbocycles. The van der Waals surface area contributed by atoms with Crippen molar-refractivity contribution < 1.29 is 18.1 Å². The van der Waals surface area contributed by atoms with Gasteiger partial charge in [-0.25, -0.2) is 0 Å². The van der Waals surface area contributed by atoms with E-state index in [4.69, 9.17) is 9.66 Å². The summed E-state index contributed by atoms with van der Waals surface area (Å²) in [6, 6.07) is 6.42.